The van der Waals surface area contributed by atoms with E-state index in [2.05, 4.69) is 0 Å². The van der Waals surface area contributed by atoms with Crippen molar-refractivity contribution in [2.45, 2.75) is 69.3 Å². The molecule has 4 rings (SSSR count). The van der Waals surface area contributed by atoms with E-state index >= 15 is 0 Å². The van der Waals surface area contributed by atoms with Gasteiger partial charge in [0.25, 0.3) is 0 Å². The van der Waals surface area contributed by atoms with Gasteiger partial charge in [-0.15, -0.1) is 0 Å². The average Bonchev–Trinajstić information content (AvgIpc) is 3.19. The molecule has 13 nitrogen and oxygen atoms in total. The van der Waals surface area contributed by atoms with Gasteiger partial charge in [0.15, 0.2) is 24.1 Å². The van der Waals surface area contributed by atoms with Crippen LogP contribution in [0.25, 0.3) is 11.0 Å². The van der Waals surface area contributed by atoms with E-state index < -0.39 is 72.7 Å². The number of benzene rings is 1. The highest BCUT2D eigenvalue weighted by atomic mass is 16.7. The molecule has 5 N–H and O–H groups in total. The third kappa shape index (κ3) is 5.16. The van der Waals surface area contributed by atoms with Crippen molar-refractivity contribution in [1.82, 2.24) is 0 Å². The molecule has 0 bridgehead atoms. The van der Waals surface area contributed by atoms with Crippen LogP contribution in [-0.4, -0.2) is 86.5 Å². The number of carbonyl (C=O) groups excluding carboxylic acids is 1. The largest absolute Gasteiger partial charge is 0.483 e. The molecule has 13 heteroatoms. The molecule has 1 fully saturated rings. The van der Waals surface area contributed by atoms with Crippen molar-refractivity contribution in [3.05, 3.63) is 51.9 Å². The number of aliphatic carboxylic acids is 1. The van der Waals surface area contributed by atoms with Crippen LogP contribution in [0.15, 0.2) is 45.1 Å². The molecule has 1 aromatic heterocycles. The Labute approximate surface area is 215 Å². The highest BCUT2D eigenvalue weighted by molar-refractivity contribution is 5.84. The fourth-order valence-electron chi connectivity index (χ4n) is 4.43. The number of carbonyl (C=O) groups is 2. The summed E-state index contributed by atoms with van der Waals surface area (Å²) in [7, 11) is 0. The van der Waals surface area contributed by atoms with E-state index in [-0.39, 0.29) is 16.9 Å². The lowest BCUT2D eigenvalue weighted by Gasteiger charge is -2.41. The summed E-state index contributed by atoms with van der Waals surface area (Å²) in [6.07, 6.45) is -11.0. The van der Waals surface area contributed by atoms with Gasteiger partial charge in [-0.25, -0.2) is 14.4 Å². The molecule has 0 saturated carbocycles. The van der Waals surface area contributed by atoms with Gasteiger partial charge in [-0.05, 0) is 39.0 Å². The second kappa shape index (κ2) is 10.4. The predicted molar refractivity (Wildman–Crippen MR) is 126 cm³/mol. The molecule has 0 spiro atoms. The molecule has 38 heavy (non-hydrogen) atoms. The lowest BCUT2D eigenvalue weighted by atomic mass is 9.92. The van der Waals surface area contributed by atoms with E-state index in [4.69, 9.17) is 23.4 Å². The minimum Gasteiger partial charge on any atom is -0.483 e. The Kier molecular flexibility index (Phi) is 7.61. The fourth-order valence-corrected chi connectivity index (χ4v) is 4.43. The molecule has 3 heterocycles. The van der Waals surface area contributed by atoms with E-state index in [9.17, 15) is 39.9 Å². The van der Waals surface area contributed by atoms with E-state index in [1.165, 1.54) is 25.1 Å². The predicted octanol–water partition coefficient (Wildman–Crippen LogP) is -0.236. The number of allylic oxidation sites excluding steroid dienone is 1. The van der Waals surface area contributed by atoms with Crippen LogP contribution < -0.4 is 10.4 Å². The minimum absolute atomic E-state index is 0.0799. The topological polar surface area (TPSA) is 202 Å². The molecule has 8 unspecified atom stereocenters. The van der Waals surface area contributed by atoms with Crippen molar-refractivity contribution in [3.8, 4) is 5.75 Å². The third-order valence-corrected chi connectivity index (χ3v) is 6.31. The standard InChI is InChI=1S/C25H28O13/c1-10(2)8-14(27)38-25(3,9-34-24-19(31)17(29)18(30)21(37-24)23(32)33)22-16(28)15-12(35-22)6-4-11-5-7-13(26)36-20(11)15/h4-8,16-19,21-22,24,28-31H,9H2,1-3H3,(H,32,33). The highest BCUT2D eigenvalue weighted by Gasteiger charge is 2.53. The lowest BCUT2D eigenvalue weighted by molar-refractivity contribution is -0.304. The number of ether oxygens (including phenoxy) is 4. The first-order valence-electron chi connectivity index (χ1n) is 11.7. The van der Waals surface area contributed by atoms with Crippen LogP contribution in [0.5, 0.6) is 5.75 Å². The Morgan fingerprint density at radius 2 is 1.74 bits per heavy atom. The van der Waals surface area contributed by atoms with Gasteiger partial charge >= 0.3 is 17.6 Å². The summed E-state index contributed by atoms with van der Waals surface area (Å²) < 4.78 is 27.6. The number of hydrogen-bond acceptors (Lipinski definition) is 12. The summed E-state index contributed by atoms with van der Waals surface area (Å²) in [5.41, 5.74) is -1.62. The number of aliphatic hydroxyl groups excluding tert-OH is 4. The molecule has 1 aromatic carbocycles. The van der Waals surface area contributed by atoms with Crippen molar-refractivity contribution < 1.29 is 58.5 Å². The van der Waals surface area contributed by atoms with E-state index in [0.29, 0.717) is 11.0 Å². The van der Waals surface area contributed by atoms with Gasteiger partial charge in [-0.3, -0.25) is 0 Å². The number of aliphatic hydroxyl groups is 4. The zero-order valence-corrected chi connectivity index (χ0v) is 20.6. The van der Waals surface area contributed by atoms with Crippen LogP contribution in [0.1, 0.15) is 32.4 Å². The monoisotopic (exact) mass is 536 g/mol. The summed E-state index contributed by atoms with van der Waals surface area (Å²) in [5, 5.41) is 51.4. The average molecular weight is 536 g/mol. The smallest absolute Gasteiger partial charge is 0.336 e. The molecule has 1 saturated heterocycles. The quantitative estimate of drug-likeness (QED) is 0.176. The first-order valence-corrected chi connectivity index (χ1v) is 11.7. The molecular weight excluding hydrogens is 508 g/mol. The fraction of sp³-hybridized carbons (Fsp3) is 0.480. The van der Waals surface area contributed by atoms with Crippen LogP contribution in [0, 0.1) is 0 Å². The van der Waals surface area contributed by atoms with Crippen LogP contribution >= 0.6 is 0 Å². The Hall–Kier alpha value is -3.33. The van der Waals surface area contributed by atoms with Crippen molar-refractivity contribution >= 4 is 22.9 Å². The van der Waals surface area contributed by atoms with E-state index in [1.807, 2.05) is 0 Å². The van der Waals surface area contributed by atoms with Crippen LogP contribution in [0.3, 0.4) is 0 Å². The van der Waals surface area contributed by atoms with Gasteiger partial charge in [0.1, 0.15) is 35.7 Å². The molecule has 0 radical (unpaired) electrons. The molecule has 0 amide bonds. The lowest BCUT2D eigenvalue weighted by Crippen LogP contribution is -2.61. The molecule has 2 aliphatic heterocycles. The number of carboxylic acids is 1. The molecule has 0 aliphatic carbocycles. The molecular formula is C25H28O13. The first kappa shape index (κ1) is 27.7. The summed E-state index contributed by atoms with van der Waals surface area (Å²) in [5.74, 6) is -2.26. The zero-order valence-electron chi connectivity index (χ0n) is 20.6. The second-order valence-electron chi connectivity index (χ2n) is 9.63. The van der Waals surface area contributed by atoms with Gasteiger partial charge in [-0.1, -0.05) is 5.57 Å². The Morgan fingerprint density at radius 1 is 1.05 bits per heavy atom. The third-order valence-electron chi connectivity index (χ3n) is 6.31. The number of rotatable bonds is 7. The molecule has 206 valence electrons. The number of carboxylic acid groups (broad SMARTS) is 1. The van der Waals surface area contributed by atoms with Gasteiger partial charge in [-0.2, -0.15) is 0 Å². The van der Waals surface area contributed by atoms with Crippen molar-refractivity contribution in [3.63, 3.8) is 0 Å². The summed E-state index contributed by atoms with van der Waals surface area (Å²) >= 11 is 0. The summed E-state index contributed by atoms with van der Waals surface area (Å²) in [6, 6.07) is 5.89. The van der Waals surface area contributed by atoms with Gasteiger partial charge in [0.2, 0.25) is 0 Å². The Balaban J connectivity index is 1.66. The maximum atomic E-state index is 12.6. The Morgan fingerprint density at radius 3 is 2.39 bits per heavy atom. The van der Waals surface area contributed by atoms with Crippen molar-refractivity contribution in [1.29, 1.82) is 0 Å². The summed E-state index contributed by atoms with van der Waals surface area (Å²) in [4.78, 5) is 35.9. The number of hydrogen-bond donors (Lipinski definition) is 5. The second-order valence-corrected chi connectivity index (χ2v) is 9.63. The maximum Gasteiger partial charge on any atom is 0.336 e. The Bertz CT molecular complexity index is 1310. The summed E-state index contributed by atoms with van der Waals surface area (Å²) in [6.45, 7) is 4.07. The van der Waals surface area contributed by atoms with Gasteiger partial charge < -0.3 is 48.9 Å². The van der Waals surface area contributed by atoms with Crippen LogP contribution in [-0.2, 0) is 23.8 Å². The van der Waals surface area contributed by atoms with Crippen LogP contribution in [0.4, 0.5) is 0 Å². The van der Waals surface area contributed by atoms with Gasteiger partial charge in [0.05, 0.1) is 12.2 Å². The van der Waals surface area contributed by atoms with E-state index in [0.717, 1.165) is 0 Å². The molecule has 8 atom stereocenters. The SMILES string of the molecule is CC(C)=CC(=O)OC(C)(COC1OC(C(=O)O)C(O)C(O)C1O)C1Oc2ccc3ccc(=O)oc3c2C1O. The van der Waals surface area contributed by atoms with E-state index in [1.54, 1.807) is 26.0 Å². The van der Waals surface area contributed by atoms with Crippen molar-refractivity contribution in [2.75, 3.05) is 6.61 Å². The van der Waals surface area contributed by atoms with Gasteiger partial charge in [0, 0.05) is 17.5 Å². The van der Waals surface area contributed by atoms with Crippen molar-refractivity contribution in [2.24, 2.45) is 0 Å². The first-order chi connectivity index (χ1) is 17.8. The zero-order chi connectivity index (χ0) is 27.9. The number of fused-ring (bicyclic) bond motifs is 3. The number of esters is 1. The normalized spacial score (nSPS) is 30.1. The molecule has 2 aromatic rings. The van der Waals surface area contributed by atoms with Crippen LogP contribution in [0.2, 0.25) is 0 Å². The maximum absolute atomic E-state index is 12.6. The molecule has 2 aliphatic rings. The minimum atomic E-state index is -1.93. The highest BCUT2D eigenvalue weighted by Crippen LogP contribution is 2.45.